The van der Waals surface area contributed by atoms with Gasteiger partial charge in [0.15, 0.2) is 0 Å². The van der Waals surface area contributed by atoms with Gasteiger partial charge in [0.2, 0.25) is 0 Å². The number of alkyl halides is 2. The molecule has 9 nitrogen and oxygen atoms in total. The molecule has 26 heavy (non-hydrogen) atoms. The van der Waals surface area contributed by atoms with Gasteiger partial charge in [-0.25, -0.2) is 0 Å². The second-order valence-electron chi connectivity index (χ2n) is 4.73. The third-order valence-electron chi connectivity index (χ3n) is 2.99. The molecule has 0 atom stereocenters. The summed E-state index contributed by atoms with van der Waals surface area (Å²) in [6.45, 7) is -3.08. The highest BCUT2D eigenvalue weighted by atomic mass is 35.5. The van der Waals surface area contributed by atoms with Crippen LogP contribution < -0.4 is 10.1 Å². The number of carbonyl (C=O) groups is 1. The molecular weight excluding hydrogens is 380 g/mol. The zero-order valence-corrected chi connectivity index (χ0v) is 13.3. The molecule has 136 valence electrons. The molecule has 0 radical (unpaired) electrons. The molecule has 0 saturated carbocycles. The molecule has 0 aliphatic heterocycles. The van der Waals surface area contributed by atoms with Crippen molar-refractivity contribution in [3.05, 3.63) is 67.2 Å². The average molecular weight is 388 g/mol. The van der Waals surface area contributed by atoms with Gasteiger partial charge < -0.3 is 10.1 Å². The van der Waals surface area contributed by atoms with Crippen molar-refractivity contribution in [1.82, 2.24) is 0 Å². The molecule has 0 aromatic heterocycles. The normalized spacial score (nSPS) is 10.5. The van der Waals surface area contributed by atoms with E-state index in [1.807, 2.05) is 0 Å². The summed E-state index contributed by atoms with van der Waals surface area (Å²) in [4.78, 5) is 32.1. The predicted molar refractivity (Wildman–Crippen MR) is 85.8 cm³/mol. The maximum absolute atomic E-state index is 12.2. The average Bonchev–Trinajstić information content (AvgIpc) is 2.56. The number of nitrogens with one attached hydrogen (secondary N) is 1. The van der Waals surface area contributed by atoms with Crippen molar-refractivity contribution in [1.29, 1.82) is 0 Å². The lowest BCUT2D eigenvalue weighted by Crippen LogP contribution is -2.13. The molecule has 0 spiro atoms. The Labute approximate surface area is 148 Å². The van der Waals surface area contributed by atoms with Crippen LogP contribution in [-0.4, -0.2) is 22.4 Å². The topological polar surface area (TPSA) is 125 Å². The molecule has 0 unspecified atom stereocenters. The molecule has 2 aromatic rings. The lowest BCUT2D eigenvalue weighted by atomic mass is 10.1. The molecule has 0 fully saturated rings. The molecular formula is C14H8ClF2N3O6. The van der Waals surface area contributed by atoms with Crippen molar-refractivity contribution in [2.24, 2.45) is 0 Å². The summed E-state index contributed by atoms with van der Waals surface area (Å²) < 4.78 is 28.5. The molecule has 12 heteroatoms. The second kappa shape index (κ2) is 7.70. The minimum Gasteiger partial charge on any atom is -0.433 e. The molecule has 1 amide bonds. The Hall–Kier alpha value is -3.34. The number of nitrogens with zero attached hydrogens (tertiary/aromatic N) is 2. The van der Waals surface area contributed by atoms with E-state index in [0.29, 0.717) is 6.07 Å². The molecule has 0 aliphatic carbocycles. The number of hydrogen-bond donors (Lipinski definition) is 1. The summed E-state index contributed by atoms with van der Waals surface area (Å²) in [5, 5.41) is 23.8. The molecule has 0 bridgehead atoms. The summed E-state index contributed by atoms with van der Waals surface area (Å²) in [5.74, 6) is -1.21. The summed E-state index contributed by atoms with van der Waals surface area (Å²) in [5.41, 5.74) is -1.54. The minimum absolute atomic E-state index is 0.0655. The van der Waals surface area contributed by atoms with Crippen LogP contribution in [0.2, 0.25) is 5.02 Å². The van der Waals surface area contributed by atoms with E-state index in [0.717, 1.165) is 24.3 Å². The summed E-state index contributed by atoms with van der Waals surface area (Å²) in [7, 11) is 0. The van der Waals surface area contributed by atoms with Gasteiger partial charge >= 0.3 is 6.61 Å². The Bertz CT molecular complexity index is 861. The summed E-state index contributed by atoms with van der Waals surface area (Å²) in [6.07, 6.45) is 0. The van der Waals surface area contributed by atoms with Crippen LogP contribution in [0.5, 0.6) is 5.75 Å². The number of carbonyl (C=O) groups excluding carboxylic acids is 1. The standard InChI is InChI=1S/C14H8ClF2N3O6/c15-11-5-8(1-2-12(11)26-14(16)17)18-13(21)7-3-9(19(22)23)6-10(4-7)20(24)25/h1-6,14H,(H,18,21). The van der Waals surface area contributed by atoms with E-state index in [1.165, 1.54) is 6.07 Å². The quantitative estimate of drug-likeness (QED) is 0.589. The van der Waals surface area contributed by atoms with Crippen molar-refractivity contribution in [3.63, 3.8) is 0 Å². The Morgan fingerprint density at radius 1 is 1.08 bits per heavy atom. The van der Waals surface area contributed by atoms with Gasteiger partial charge in [0.25, 0.3) is 17.3 Å². The maximum atomic E-state index is 12.2. The number of non-ortho nitro benzene ring substituents is 2. The number of hydrogen-bond acceptors (Lipinski definition) is 6. The van der Waals surface area contributed by atoms with E-state index in [4.69, 9.17) is 11.6 Å². The first kappa shape index (κ1) is 19.0. The number of amides is 1. The van der Waals surface area contributed by atoms with Crippen LogP contribution in [-0.2, 0) is 0 Å². The van der Waals surface area contributed by atoms with E-state index < -0.39 is 33.7 Å². The Kier molecular flexibility index (Phi) is 5.62. The van der Waals surface area contributed by atoms with E-state index in [-0.39, 0.29) is 22.0 Å². The van der Waals surface area contributed by atoms with E-state index in [9.17, 15) is 33.8 Å². The van der Waals surface area contributed by atoms with Gasteiger partial charge in [0, 0.05) is 17.8 Å². The van der Waals surface area contributed by atoms with Crippen LogP contribution in [0, 0.1) is 20.2 Å². The Balaban J connectivity index is 2.28. The second-order valence-corrected chi connectivity index (χ2v) is 5.14. The minimum atomic E-state index is -3.08. The van der Waals surface area contributed by atoms with Gasteiger partial charge in [-0.3, -0.25) is 25.0 Å². The molecule has 1 N–H and O–H groups in total. The van der Waals surface area contributed by atoms with Gasteiger partial charge in [-0.05, 0) is 18.2 Å². The highest BCUT2D eigenvalue weighted by Gasteiger charge is 2.20. The van der Waals surface area contributed by atoms with Crippen LogP contribution in [0.4, 0.5) is 25.8 Å². The van der Waals surface area contributed by atoms with Crippen molar-refractivity contribution >= 4 is 34.6 Å². The predicted octanol–water partition coefficient (Wildman–Crippen LogP) is 4.01. The van der Waals surface area contributed by atoms with Crippen LogP contribution >= 0.6 is 11.6 Å². The third-order valence-corrected chi connectivity index (χ3v) is 3.29. The monoisotopic (exact) mass is 387 g/mol. The van der Waals surface area contributed by atoms with Crippen LogP contribution in [0.1, 0.15) is 10.4 Å². The fourth-order valence-electron chi connectivity index (χ4n) is 1.91. The molecule has 0 saturated heterocycles. The van der Waals surface area contributed by atoms with Crippen LogP contribution in [0.3, 0.4) is 0 Å². The first-order valence-electron chi connectivity index (χ1n) is 6.67. The van der Waals surface area contributed by atoms with E-state index in [2.05, 4.69) is 10.1 Å². The number of nitro groups is 2. The zero-order chi connectivity index (χ0) is 19.4. The lowest BCUT2D eigenvalue weighted by molar-refractivity contribution is -0.394. The first-order chi connectivity index (χ1) is 12.2. The maximum Gasteiger partial charge on any atom is 0.387 e. The number of ether oxygens (including phenoxy) is 1. The molecule has 0 heterocycles. The van der Waals surface area contributed by atoms with Crippen molar-refractivity contribution in [2.75, 3.05) is 5.32 Å². The third kappa shape index (κ3) is 4.60. The van der Waals surface area contributed by atoms with Crippen molar-refractivity contribution < 1.29 is 28.2 Å². The van der Waals surface area contributed by atoms with Gasteiger partial charge in [0.1, 0.15) is 5.75 Å². The summed E-state index contributed by atoms with van der Waals surface area (Å²) >= 11 is 5.75. The number of halogens is 3. The number of nitro benzene ring substituents is 2. The van der Waals surface area contributed by atoms with Gasteiger partial charge in [-0.2, -0.15) is 8.78 Å². The molecule has 0 aliphatic rings. The largest absolute Gasteiger partial charge is 0.433 e. The Morgan fingerprint density at radius 2 is 1.65 bits per heavy atom. The van der Waals surface area contributed by atoms with Crippen LogP contribution in [0.25, 0.3) is 0 Å². The van der Waals surface area contributed by atoms with E-state index in [1.54, 1.807) is 0 Å². The highest BCUT2D eigenvalue weighted by Crippen LogP contribution is 2.29. The van der Waals surface area contributed by atoms with Crippen molar-refractivity contribution in [2.45, 2.75) is 6.61 Å². The van der Waals surface area contributed by atoms with E-state index >= 15 is 0 Å². The zero-order valence-electron chi connectivity index (χ0n) is 12.5. The highest BCUT2D eigenvalue weighted by molar-refractivity contribution is 6.32. The number of benzene rings is 2. The van der Waals surface area contributed by atoms with Crippen molar-refractivity contribution in [3.8, 4) is 5.75 Å². The van der Waals surface area contributed by atoms with Gasteiger partial charge in [-0.1, -0.05) is 11.6 Å². The fraction of sp³-hybridized carbons (Fsp3) is 0.0714. The molecule has 2 rings (SSSR count). The lowest BCUT2D eigenvalue weighted by Gasteiger charge is -2.09. The van der Waals surface area contributed by atoms with Gasteiger partial charge in [-0.15, -0.1) is 0 Å². The van der Waals surface area contributed by atoms with Crippen LogP contribution in [0.15, 0.2) is 36.4 Å². The fourth-order valence-corrected chi connectivity index (χ4v) is 2.14. The molecule has 2 aromatic carbocycles. The number of anilines is 1. The first-order valence-corrected chi connectivity index (χ1v) is 7.04. The summed E-state index contributed by atoms with van der Waals surface area (Å²) in [6, 6.07) is 5.83. The smallest absolute Gasteiger partial charge is 0.387 e. The Morgan fingerprint density at radius 3 is 2.12 bits per heavy atom. The van der Waals surface area contributed by atoms with Gasteiger partial charge in [0.05, 0.1) is 26.5 Å². The SMILES string of the molecule is O=C(Nc1ccc(OC(F)F)c(Cl)c1)c1cc([N+](=O)[O-])cc([N+](=O)[O-])c1. The number of rotatable bonds is 6.